The van der Waals surface area contributed by atoms with E-state index in [0.29, 0.717) is 22.3 Å². The summed E-state index contributed by atoms with van der Waals surface area (Å²) in [6, 6.07) is 7.61. The molecule has 1 aliphatic heterocycles. The zero-order valence-electron chi connectivity index (χ0n) is 16.5. The number of anilines is 1. The van der Waals surface area contributed by atoms with Crippen LogP contribution in [0.15, 0.2) is 36.5 Å². The van der Waals surface area contributed by atoms with Gasteiger partial charge in [0.2, 0.25) is 11.8 Å². The molecule has 1 aromatic heterocycles. The number of nitrogens with zero attached hydrogens (tertiary/aromatic N) is 1. The number of benzene rings is 1. The van der Waals surface area contributed by atoms with Gasteiger partial charge in [0.15, 0.2) is 0 Å². The molecule has 160 valence electrons. The normalized spacial score (nSPS) is 17.2. The number of rotatable bonds is 7. The number of nitrogens with one attached hydrogen (secondary N) is 3. The van der Waals surface area contributed by atoms with Crippen molar-refractivity contribution in [1.82, 2.24) is 20.9 Å². The molecule has 0 bridgehead atoms. The van der Waals surface area contributed by atoms with Crippen LogP contribution in [-0.4, -0.2) is 35.4 Å². The van der Waals surface area contributed by atoms with Crippen molar-refractivity contribution in [2.24, 2.45) is 0 Å². The van der Waals surface area contributed by atoms with Crippen molar-refractivity contribution >= 4 is 40.8 Å². The maximum absolute atomic E-state index is 12.9. The smallest absolute Gasteiger partial charge is 0.243 e. The topological polar surface area (TPSA) is 109 Å². The third-order valence-electron chi connectivity index (χ3n) is 5.00. The number of aromatic nitrogens is 1. The number of hydrogen-bond donors (Lipinski definition) is 4. The third-order valence-corrected chi connectivity index (χ3v) is 5.74. The first kappa shape index (κ1) is 22.3. The van der Waals surface area contributed by atoms with Gasteiger partial charge in [-0.05, 0) is 48.7 Å². The van der Waals surface area contributed by atoms with Gasteiger partial charge in [-0.1, -0.05) is 41.8 Å². The molecule has 2 aromatic rings. The number of halogens is 2. The lowest BCUT2D eigenvalue weighted by molar-refractivity contribution is -0.130. The fraction of sp³-hybridized carbons (Fsp3) is 0.381. The molecule has 0 unspecified atom stereocenters. The van der Waals surface area contributed by atoms with Crippen molar-refractivity contribution in [2.45, 2.75) is 44.3 Å². The van der Waals surface area contributed by atoms with Crippen molar-refractivity contribution in [2.75, 3.05) is 12.3 Å². The van der Waals surface area contributed by atoms with Crippen LogP contribution in [0.25, 0.3) is 0 Å². The van der Waals surface area contributed by atoms with Gasteiger partial charge in [-0.3, -0.25) is 9.59 Å². The third kappa shape index (κ3) is 6.32. The van der Waals surface area contributed by atoms with Gasteiger partial charge in [-0.2, -0.15) is 0 Å². The molecule has 3 rings (SSSR count). The van der Waals surface area contributed by atoms with Gasteiger partial charge in [0.05, 0.1) is 16.1 Å². The second-order valence-corrected chi connectivity index (χ2v) is 8.14. The Bertz CT molecular complexity index is 885. The Morgan fingerprint density at radius 3 is 2.63 bits per heavy atom. The Morgan fingerprint density at radius 2 is 1.97 bits per heavy atom. The number of hydrogen-bond acceptors (Lipinski definition) is 5. The molecule has 2 amide bonds. The van der Waals surface area contributed by atoms with Crippen molar-refractivity contribution in [3.8, 4) is 0 Å². The number of pyridine rings is 1. The van der Waals surface area contributed by atoms with E-state index in [4.69, 9.17) is 28.9 Å². The van der Waals surface area contributed by atoms with E-state index in [-0.39, 0.29) is 24.4 Å². The molecule has 0 aliphatic carbocycles. The summed E-state index contributed by atoms with van der Waals surface area (Å²) >= 11 is 12.1. The highest BCUT2D eigenvalue weighted by molar-refractivity contribution is 6.42. The quantitative estimate of drug-likeness (QED) is 0.518. The molecule has 0 saturated carbocycles. The summed E-state index contributed by atoms with van der Waals surface area (Å²) in [6.07, 6.45) is 4.69. The average Bonchev–Trinajstić information content (AvgIpc) is 2.75. The number of nitrogen functional groups attached to an aromatic ring is 1. The van der Waals surface area contributed by atoms with Crippen molar-refractivity contribution in [3.05, 3.63) is 57.7 Å². The summed E-state index contributed by atoms with van der Waals surface area (Å²) in [5, 5.41) is 9.79. The summed E-state index contributed by atoms with van der Waals surface area (Å²) in [7, 11) is 0. The number of carbonyl (C=O) groups is 2. The second-order valence-electron chi connectivity index (χ2n) is 7.33. The molecule has 5 N–H and O–H groups in total. The van der Waals surface area contributed by atoms with E-state index in [9.17, 15) is 9.59 Å². The fourth-order valence-corrected chi connectivity index (χ4v) is 3.63. The van der Waals surface area contributed by atoms with Gasteiger partial charge in [0.25, 0.3) is 0 Å². The van der Waals surface area contributed by atoms with Gasteiger partial charge >= 0.3 is 0 Å². The molecule has 1 fully saturated rings. The Kier molecular flexibility index (Phi) is 7.90. The maximum atomic E-state index is 12.9. The van der Waals surface area contributed by atoms with Gasteiger partial charge in [0.1, 0.15) is 11.9 Å². The van der Waals surface area contributed by atoms with E-state index in [0.717, 1.165) is 36.9 Å². The highest BCUT2D eigenvalue weighted by Crippen LogP contribution is 2.23. The van der Waals surface area contributed by atoms with E-state index in [2.05, 4.69) is 20.9 Å². The van der Waals surface area contributed by atoms with Crippen molar-refractivity contribution in [3.63, 3.8) is 0 Å². The van der Waals surface area contributed by atoms with Gasteiger partial charge < -0.3 is 21.7 Å². The molecular weight excluding hydrogens is 425 g/mol. The van der Waals surface area contributed by atoms with Crippen molar-refractivity contribution in [1.29, 1.82) is 0 Å². The van der Waals surface area contributed by atoms with E-state index in [1.165, 1.54) is 0 Å². The van der Waals surface area contributed by atoms with Crippen LogP contribution in [0, 0.1) is 0 Å². The first-order valence-corrected chi connectivity index (χ1v) is 10.6. The predicted octanol–water partition coefficient (Wildman–Crippen LogP) is 2.46. The van der Waals surface area contributed by atoms with Gasteiger partial charge in [-0.15, -0.1) is 0 Å². The minimum absolute atomic E-state index is 0.177. The molecule has 1 saturated heterocycles. The summed E-state index contributed by atoms with van der Waals surface area (Å²) < 4.78 is 0. The molecule has 30 heavy (non-hydrogen) atoms. The largest absolute Gasteiger partial charge is 0.384 e. The molecule has 0 spiro atoms. The lowest BCUT2D eigenvalue weighted by Crippen LogP contribution is -2.54. The molecule has 1 aliphatic rings. The van der Waals surface area contributed by atoms with Crippen LogP contribution in [-0.2, 0) is 22.6 Å². The Labute approximate surface area is 185 Å². The fourth-order valence-electron chi connectivity index (χ4n) is 3.31. The Balaban J connectivity index is 1.69. The highest BCUT2D eigenvalue weighted by Gasteiger charge is 2.26. The number of piperidine rings is 1. The van der Waals surface area contributed by atoms with Crippen LogP contribution in [0.2, 0.25) is 10.0 Å². The SMILES string of the molecule is Nc1ccc(CNC(=O)[C@H](Cc2ccc(Cl)c(Cl)c2)NC(=O)[C@H]2CCCCN2)cn1. The molecule has 7 nitrogen and oxygen atoms in total. The van der Waals surface area contributed by atoms with Crippen LogP contribution >= 0.6 is 23.2 Å². The Hall–Kier alpha value is -2.35. The second kappa shape index (κ2) is 10.6. The molecule has 9 heteroatoms. The zero-order chi connectivity index (χ0) is 21.5. The number of carbonyl (C=O) groups excluding carboxylic acids is 2. The van der Waals surface area contributed by atoms with Crippen LogP contribution in [0.5, 0.6) is 0 Å². The number of nitrogens with two attached hydrogens (primary N) is 1. The first-order chi connectivity index (χ1) is 14.4. The lowest BCUT2D eigenvalue weighted by atomic mass is 10.0. The maximum Gasteiger partial charge on any atom is 0.243 e. The standard InChI is InChI=1S/C21H25Cl2N5O2/c22-15-6-4-13(9-16(15)23)10-18(28-21(30)17-3-1-2-8-25-17)20(29)27-12-14-5-7-19(24)26-11-14/h4-7,9,11,17-18,25H,1-3,8,10,12H2,(H2,24,26)(H,27,29)(H,28,30)/t17-,18+/m1/s1. The molecule has 1 aromatic carbocycles. The average molecular weight is 450 g/mol. The van der Waals surface area contributed by atoms with Crippen LogP contribution in [0.1, 0.15) is 30.4 Å². The summed E-state index contributed by atoms with van der Waals surface area (Å²) in [6.45, 7) is 1.08. The van der Waals surface area contributed by atoms with E-state index >= 15 is 0 Å². The van der Waals surface area contributed by atoms with Crippen LogP contribution < -0.4 is 21.7 Å². The molecule has 0 radical (unpaired) electrons. The van der Waals surface area contributed by atoms with Gasteiger partial charge in [0, 0.05) is 19.2 Å². The van der Waals surface area contributed by atoms with Crippen molar-refractivity contribution < 1.29 is 9.59 Å². The predicted molar refractivity (Wildman–Crippen MR) is 118 cm³/mol. The summed E-state index contributed by atoms with van der Waals surface area (Å²) in [4.78, 5) is 29.6. The van der Waals surface area contributed by atoms with E-state index < -0.39 is 6.04 Å². The van der Waals surface area contributed by atoms with E-state index in [1.54, 1.807) is 36.5 Å². The molecule has 2 atom stereocenters. The molecular formula is C21H25Cl2N5O2. The lowest BCUT2D eigenvalue weighted by Gasteiger charge is -2.26. The van der Waals surface area contributed by atoms with E-state index in [1.807, 2.05) is 0 Å². The minimum Gasteiger partial charge on any atom is -0.384 e. The van der Waals surface area contributed by atoms with Gasteiger partial charge in [-0.25, -0.2) is 4.98 Å². The minimum atomic E-state index is -0.750. The monoisotopic (exact) mass is 449 g/mol. The summed E-state index contributed by atoms with van der Waals surface area (Å²) in [5.74, 6) is -0.0547. The molecule has 2 heterocycles. The van der Waals surface area contributed by atoms with Crippen LogP contribution in [0.3, 0.4) is 0 Å². The van der Waals surface area contributed by atoms with Crippen LogP contribution in [0.4, 0.5) is 5.82 Å². The summed E-state index contributed by atoms with van der Waals surface area (Å²) in [5.41, 5.74) is 7.21. The first-order valence-electron chi connectivity index (χ1n) is 9.88. The Morgan fingerprint density at radius 1 is 1.17 bits per heavy atom. The highest BCUT2D eigenvalue weighted by atomic mass is 35.5. The zero-order valence-corrected chi connectivity index (χ0v) is 18.0. The number of amides is 2.